The Morgan fingerprint density at radius 3 is 2.71 bits per heavy atom. The van der Waals surface area contributed by atoms with Crippen LogP contribution in [-0.4, -0.2) is 21.9 Å². The third kappa shape index (κ3) is 2.65. The quantitative estimate of drug-likeness (QED) is 0.712. The average Bonchev–Trinajstić information content (AvgIpc) is 3.30. The predicted octanol–water partition coefficient (Wildman–Crippen LogP) is 4.52. The van der Waals surface area contributed by atoms with Gasteiger partial charge < -0.3 is 4.74 Å². The minimum Gasteiger partial charge on any atom is -0.497 e. The molecule has 2 aromatic carbocycles. The first kappa shape index (κ1) is 15.1. The molecule has 4 nitrogen and oxygen atoms in total. The minimum atomic E-state index is 0.395. The van der Waals surface area contributed by atoms with Gasteiger partial charge in [-0.1, -0.05) is 35.9 Å². The highest BCUT2D eigenvalue weighted by atomic mass is 32.1. The van der Waals surface area contributed by atoms with Gasteiger partial charge in [0.15, 0.2) is 4.77 Å². The zero-order valence-corrected chi connectivity index (χ0v) is 14.5. The fraction of sp³-hybridized carbons (Fsp3) is 0.263. The monoisotopic (exact) mass is 337 g/mol. The molecule has 122 valence electrons. The number of nitrogens with one attached hydrogen (secondary N) is 1. The molecule has 0 amide bonds. The van der Waals surface area contributed by atoms with Crippen molar-refractivity contribution in [2.45, 2.75) is 25.2 Å². The van der Waals surface area contributed by atoms with Crippen molar-refractivity contribution in [2.24, 2.45) is 0 Å². The van der Waals surface area contributed by atoms with E-state index in [-0.39, 0.29) is 0 Å². The number of aromatic nitrogens is 3. The van der Waals surface area contributed by atoms with Gasteiger partial charge in [-0.3, -0.25) is 9.67 Å². The summed E-state index contributed by atoms with van der Waals surface area (Å²) in [5.41, 5.74) is 3.64. The molecule has 0 radical (unpaired) electrons. The van der Waals surface area contributed by atoms with Gasteiger partial charge in [0.2, 0.25) is 0 Å². The maximum absolute atomic E-state index is 5.46. The Balaban J connectivity index is 1.68. The van der Waals surface area contributed by atoms with Crippen LogP contribution in [0.5, 0.6) is 5.75 Å². The van der Waals surface area contributed by atoms with Gasteiger partial charge in [-0.05, 0) is 49.2 Å². The van der Waals surface area contributed by atoms with Crippen molar-refractivity contribution in [1.82, 2.24) is 14.8 Å². The maximum Gasteiger partial charge on any atom is 0.199 e. The van der Waals surface area contributed by atoms with Crippen molar-refractivity contribution in [2.75, 3.05) is 7.11 Å². The van der Waals surface area contributed by atoms with Crippen LogP contribution in [0.15, 0.2) is 48.5 Å². The van der Waals surface area contributed by atoms with Crippen molar-refractivity contribution in [3.05, 3.63) is 70.3 Å². The lowest BCUT2D eigenvalue weighted by atomic mass is 10.1. The Bertz CT molecular complexity index is 926. The zero-order valence-electron chi connectivity index (χ0n) is 13.7. The zero-order chi connectivity index (χ0) is 16.7. The highest BCUT2D eigenvalue weighted by Gasteiger charge is 2.43. The summed E-state index contributed by atoms with van der Waals surface area (Å²) in [6, 6.07) is 16.7. The molecule has 1 heterocycles. The molecule has 5 heteroatoms. The molecule has 0 unspecified atom stereocenters. The predicted molar refractivity (Wildman–Crippen MR) is 96.6 cm³/mol. The molecule has 4 rings (SSSR count). The van der Waals surface area contributed by atoms with E-state index in [9.17, 15) is 0 Å². The van der Waals surface area contributed by atoms with Crippen LogP contribution < -0.4 is 4.74 Å². The topological polar surface area (TPSA) is 42.8 Å². The molecule has 1 aliphatic rings. The smallest absolute Gasteiger partial charge is 0.199 e. The van der Waals surface area contributed by atoms with E-state index in [0.29, 0.717) is 16.6 Å². The number of hydrogen-bond acceptors (Lipinski definition) is 3. The van der Waals surface area contributed by atoms with Crippen LogP contribution in [0.1, 0.15) is 35.2 Å². The van der Waals surface area contributed by atoms with Gasteiger partial charge in [0, 0.05) is 12.0 Å². The number of hydrogen-bond donors (Lipinski definition) is 1. The van der Waals surface area contributed by atoms with Crippen LogP contribution in [-0.2, 0) is 0 Å². The molecule has 1 aliphatic carbocycles. The van der Waals surface area contributed by atoms with Crippen LogP contribution in [0.3, 0.4) is 0 Å². The summed E-state index contributed by atoms with van der Waals surface area (Å²) in [5.74, 6) is 2.72. The second-order valence-corrected chi connectivity index (χ2v) is 6.67. The normalized spacial score (nSPS) is 19.2. The van der Waals surface area contributed by atoms with E-state index in [1.54, 1.807) is 7.11 Å². The van der Waals surface area contributed by atoms with E-state index >= 15 is 0 Å². The van der Waals surface area contributed by atoms with Crippen molar-refractivity contribution < 1.29 is 4.74 Å². The van der Waals surface area contributed by atoms with E-state index < -0.39 is 0 Å². The van der Waals surface area contributed by atoms with Gasteiger partial charge in [0.25, 0.3) is 0 Å². The lowest BCUT2D eigenvalue weighted by Gasteiger charge is -2.08. The van der Waals surface area contributed by atoms with Crippen LogP contribution in [0.25, 0.3) is 5.69 Å². The highest BCUT2D eigenvalue weighted by Crippen LogP contribution is 2.54. The van der Waals surface area contributed by atoms with Gasteiger partial charge in [0.1, 0.15) is 11.6 Å². The summed E-state index contributed by atoms with van der Waals surface area (Å²) in [4.78, 5) is 0. The SMILES string of the molecule is COc1cccc(-n2c([C@@H]3C[C@@H]3c3ccc(C)cc3)n[nH]c2=S)c1. The molecular weight excluding hydrogens is 318 g/mol. The van der Waals surface area contributed by atoms with Gasteiger partial charge in [0.05, 0.1) is 12.8 Å². The molecule has 0 spiro atoms. The Kier molecular flexibility index (Phi) is 3.73. The van der Waals surface area contributed by atoms with Crippen LogP contribution in [0, 0.1) is 11.7 Å². The molecule has 0 saturated heterocycles. The Morgan fingerprint density at radius 2 is 1.96 bits per heavy atom. The van der Waals surface area contributed by atoms with Gasteiger partial charge >= 0.3 is 0 Å². The van der Waals surface area contributed by atoms with E-state index in [0.717, 1.165) is 23.7 Å². The lowest BCUT2D eigenvalue weighted by molar-refractivity contribution is 0.414. The number of aryl methyl sites for hydroxylation is 1. The Labute approximate surface area is 146 Å². The number of nitrogens with zero attached hydrogens (tertiary/aromatic N) is 2. The molecule has 1 fully saturated rings. The molecule has 24 heavy (non-hydrogen) atoms. The number of aromatic amines is 1. The van der Waals surface area contributed by atoms with Crippen LogP contribution >= 0.6 is 12.2 Å². The standard InChI is InChI=1S/C19H19N3OS/c1-12-6-8-13(9-7-12)16-11-17(16)18-20-21-19(24)22(18)14-4-3-5-15(10-14)23-2/h3-10,16-17H,11H2,1-2H3,(H,21,24)/t16-,17-/m1/s1. The number of ether oxygens (including phenoxy) is 1. The molecule has 2 atom stereocenters. The van der Waals surface area contributed by atoms with Gasteiger partial charge in [-0.25, -0.2) is 0 Å². The lowest BCUT2D eigenvalue weighted by Crippen LogP contribution is -2.01. The largest absolute Gasteiger partial charge is 0.497 e. The summed E-state index contributed by atoms with van der Waals surface area (Å²) in [5, 5.41) is 7.46. The summed E-state index contributed by atoms with van der Waals surface area (Å²) in [6.07, 6.45) is 1.10. The summed E-state index contributed by atoms with van der Waals surface area (Å²) in [6.45, 7) is 2.11. The number of rotatable bonds is 4. The Morgan fingerprint density at radius 1 is 1.17 bits per heavy atom. The highest BCUT2D eigenvalue weighted by molar-refractivity contribution is 7.71. The number of H-pyrrole nitrogens is 1. The van der Waals surface area contributed by atoms with E-state index in [1.165, 1.54) is 11.1 Å². The second-order valence-electron chi connectivity index (χ2n) is 6.28. The number of benzene rings is 2. The first-order chi connectivity index (χ1) is 11.7. The average molecular weight is 337 g/mol. The van der Waals surface area contributed by atoms with Crippen molar-refractivity contribution in [3.8, 4) is 11.4 Å². The van der Waals surface area contributed by atoms with Crippen molar-refractivity contribution >= 4 is 12.2 Å². The third-order valence-electron chi connectivity index (χ3n) is 4.64. The molecule has 1 N–H and O–H groups in total. The van der Waals surface area contributed by atoms with Gasteiger partial charge in [-0.2, -0.15) is 5.10 Å². The fourth-order valence-electron chi connectivity index (χ4n) is 3.22. The number of methoxy groups -OCH3 is 1. The molecule has 0 aliphatic heterocycles. The summed E-state index contributed by atoms with van der Waals surface area (Å²) in [7, 11) is 1.67. The van der Waals surface area contributed by atoms with Crippen molar-refractivity contribution in [3.63, 3.8) is 0 Å². The maximum atomic E-state index is 5.46. The molecular formula is C19H19N3OS. The van der Waals surface area contributed by atoms with Gasteiger partial charge in [-0.15, -0.1) is 0 Å². The summed E-state index contributed by atoms with van der Waals surface area (Å²) < 4.78 is 7.98. The fourth-order valence-corrected chi connectivity index (χ4v) is 3.46. The minimum absolute atomic E-state index is 0.395. The van der Waals surface area contributed by atoms with Crippen LogP contribution in [0.4, 0.5) is 0 Å². The third-order valence-corrected chi connectivity index (χ3v) is 4.91. The summed E-state index contributed by atoms with van der Waals surface area (Å²) >= 11 is 5.46. The molecule has 1 saturated carbocycles. The molecule has 1 aromatic heterocycles. The Hall–Kier alpha value is -2.40. The molecule has 3 aromatic rings. The second kappa shape index (κ2) is 5.91. The van der Waals surface area contributed by atoms with Crippen LogP contribution in [0.2, 0.25) is 0 Å². The van der Waals surface area contributed by atoms with E-state index in [2.05, 4.69) is 41.4 Å². The van der Waals surface area contributed by atoms with Crippen molar-refractivity contribution in [1.29, 1.82) is 0 Å². The molecule has 0 bridgehead atoms. The van der Waals surface area contributed by atoms with E-state index in [1.807, 2.05) is 28.8 Å². The first-order valence-corrected chi connectivity index (χ1v) is 8.46. The van der Waals surface area contributed by atoms with E-state index in [4.69, 9.17) is 17.0 Å². The first-order valence-electron chi connectivity index (χ1n) is 8.05.